The molecule has 0 unspecified atom stereocenters. The summed E-state index contributed by atoms with van der Waals surface area (Å²) in [5, 5.41) is 11.2. The van der Waals surface area contributed by atoms with Crippen LogP contribution in [0.3, 0.4) is 0 Å². The van der Waals surface area contributed by atoms with Crippen LogP contribution in [-0.4, -0.2) is 35.9 Å². The number of carbonyl (C=O) groups excluding carboxylic acids is 3. The van der Waals surface area contributed by atoms with Gasteiger partial charge >= 0.3 is 5.97 Å². The number of hydrogen-bond donors (Lipinski definition) is 1. The van der Waals surface area contributed by atoms with Gasteiger partial charge in [0.05, 0.1) is 18.7 Å². The number of anilines is 1. The van der Waals surface area contributed by atoms with Gasteiger partial charge in [-0.15, -0.1) is 0 Å². The first kappa shape index (κ1) is 19.8. The Morgan fingerprint density at radius 2 is 1.86 bits per heavy atom. The van der Waals surface area contributed by atoms with E-state index in [4.69, 9.17) is 4.74 Å². The van der Waals surface area contributed by atoms with Crippen LogP contribution < -0.4 is 4.90 Å². The minimum atomic E-state index is -2.02. The maximum Gasteiger partial charge on any atom is 0.326 e. The van der Waals surface area contributed by atoms with Gasteiger partial charge in [0, 0.05) is 11.1 Å². The monoisotopic (exact) mass is 381 g/mol. The minimum Gasteiger partial charge on any atom is -0.465 e. The number of ether oxygens (including phenoxy) is 1. The zero-order valence-corrected chi connectivity index (χ0v) is 16.2. The molecule has 6 heteroatoms. The second kappa shape index (κ2) is 7.56. The molecule has 2 aromatic rings. The summed E-state index contributed by atoms with van der Waals surface area (Å²) in [6, 6.07) is 12.1. The molecule has 1 heterocycles. The van der Waals surface area contributed by atoms with Gasteiger partial charge in [-0.25, -0.2) is 0 Å². The molecule has 146 valence electrons. The molecule has 28 heavy (non-hydrogen) atoms. The molecule has 6 nitrogen and oxygen atoms in total. The van der Waals surface area contributed by atoms with Gasteiger partial charge < -0.3 is 9.84 Å². The van der Waals surface area contributed by atoms with E-state index in [2.05, 4.69) is 0 Å². The van der Waals surface area contributed by atoms with Gasteiger partial charge in [0.15, 0.2) is 11.4 Å². The van der Waals surface area contributed by atoms with E-state index in [0.29, 0.717) is 16.8 Å². The number of esters is 1. The highest BCUT2D eigenvalue weighted by atomic mass is 16.5. The number of aliphatic hydroxyl groups is 1. The third kappa shape index (κ3) is 3.43. The predicted octanol–water partition coefficient (Wildman–Crippen LogP) is 2.67. The zero-order valence-electron chi connectivity index (χ0n) is 16.2. The Hall–Kier alpha value is -2.99. The molecular formula is C22H23NO5. The molecule has 1 N–H and O–H groups in total. The lowest BCUT2D eigenvalue weighted by Gasteiger charge is -2.22. The number of benzene rings is 2. The molecule has 3 rings (SSSR count). The lowest BCUT2D eigenvalue weighted by atomic mass is 9.87. The van der Waals surface area contributed by atoms with E-state index in [-0.39, 0.29) is 18.9 Å². The average Bonchev–Trinajstić information content (AvgIpc) is 2.84. The summed E-state index contributed by atoms with van der Waals surface area (Å²) in [6.45, 7) is 5.30. The summed E-state index contributed by atoms with van der Waals surface area (Å²) in [4.78, 5) is 39.1. The van der Waals surface area contributed by atoms with Gasteiger partial charge in [0.25, 0.3) is 5.91 Å². The predicted molar refractivity (Wildman–Crippen MR) is 104 cm³/mol. The number of fused-ring (bicyclic) bond motifs is 1. The molecule has 1 amide bonds. The van der Waals surface area contributed by atoms with Crippen molar-refractivity contribution in [2.45, 2.75) is 32.8 Å². The number of rotatable bonds is 6. The van der Waals surface area contributed by atoms with E-state index in [1.807, 2.05) is 26.0 Å². The molecule has 0 saturated carbocycles. The fraction of sp³-hybridized carbons (Fsp3) is 0.318. The Morgan fingerprint density at radius 1 is 1.14 bits per heavy atom. The Morgan fingerprint density at radius 3 is 2.54 bits per heavy atom. The molecule has 1 aliphatic rings. The van der Waals surface area contributed by atoms with Crippen LogP contribution in [0.5, 0.6) is 0 Å². The Kier molecular flexibility index (Phi) is 5.34. The largest absolute Gasteiger partial charge is 0.465 e. The van der Waals surface area contributed by atoms with Gasteiger partial charge in [0.2, 0.25) is 0 Å². The zero-order chi connectivity index (χ0) is 20.5. The van der Waals surface area contributed by atoms with E-state index in [1.165, 1.54) is 4.90 Å². The van der Waals surface area contributed by atoms with Gasteiger partial charge in [-0.3, -0.25) is 19.3 Å². The van der Waals surface area contributed by atoms with E-state index < -0.39 is 23.9 Å². The lowest BCUT2D eigenvalue weighted by molar-refractivity contribution is -0.144. The fourth-order valence-electron chi connectivity index (χ4n) is 3.62. The van der Waals surface area contributed by atoms with Crippen LogP contribution in [0.1, 0.15) is 40.4 Å². The van der Waals surface area contributed by atoms with Crippen LogP contribution in [0.25, 0.3) is 0 Å². The molecule has 0 spiro atoms. The summed E-state index contributed by atoms with van der Waals surface area (Å²) in [5.74, 6) is -1.60. The van der Waals surface area contributed by atoms with Crippen LogP contribution >= 0.6 is 0 Å². The van der Waals surface area contributed by atoms with Crippen LogP contribution in [-0.2, 0) is 19.9 Å². The molecule has 0 aliphatic carbocycles. The molecule has 0 fully saturated rings. The third-order valence-electron chi connectivity index (χ3n) is 4.93. The maximum atomic E-state index is 13.0. The first-order valence-corrected chi connectivity index (χ1v) is 9.18. The second-order valence-corrected chi connectivity index (χ2v) is 6.99. The Balaban J connectivity index is 1.94. The van der Waals surface area contributed by atoms with Gasteiger partial charge in [-0.2, -0.15) is 0 Å². The first-order chi connectivity index (χ1) is 13.3. The smallest absolute Gasteiger partial charge is 0.326 e. The number of carbonyl (C=O) groups is 3. The number of hydrogen-bond acceptors (Lipinski definition) is 5. The number of aryl methyl sites for hydroxylation is 2. The van der Waals surface area contributed by atoms with Crippen molar-refractivity contribution in [3.63, 3.8) is 0 Å². The summed E-state index contributed by atoms with van der Waals surface area (Å²) in [5.41, 5.74) is 0.996. The normalized spacial score (nSPS) is 18.1. The fourth-order valence-corrected chi connectivity index (χ4v) is 3.62. The van der Waals surface area contributed by atoms with Gasteiger partial charge in [0.1, 0.15) is 6.54 Å². The number of nitrogens with zero attached hydrogens (tertiary/aromatic N) is 1. The van der Waals surface area contributed by atoms with Crippen LogP contribution in [0.15, 0.2) is 42.5 Å². The van der Waals surface area contributed by atoms with Crippen LogP contribution in [0.4, 0.5) is 5.69 Å². The van der Waals surface area contributed by atoms with Crippen molar-refractivity contribution in [2.75, 3.05) is 18.1 Å². The highest BCUT2D eigenvalue weighted by molar-refractivity contribution is 6.12. The Bertz CT molecular complexity index is 952. The van der Waals surface area contributed by atoms with E-state index >= 15 is 0 Å². The van der Waals surface area contributed by atoms with Crippen molar-refractivity contribution in [3.05, 3.63) is 64.7 Å². The van der Waals surface area contributed by atoms with Crippen molar-refractivity contribution in [1.82, 2.24) is 0 Å². The lowest BCUT2D eigenvalue weighted by Crippen LogP contribution is -2.44. The molecular weight excluding hydrogens is 358 g/mol. The number of para-hydroxylation sites is 1. The SMILES string of the molecule is CCOC(=O)CN1C(=O)[C@](O)(CC(=O)c2ccc(C)cc2C)c2ccccc21. The highest BCUT2D eigenvalue weighted by Crippen LogP contribution is 2.42. The first-order valence-electron chi connectivity index (χ1n) is 9.18. The highest BCUT2D eigenvalue weighted by Gasteiger charge is 2.51. The van der Waals surface area contributed by atoms with Crippen LogP contribution in [0.2, 0.25) is 0 Å². The van der Waals surface area contributed by atoms with Crippen molar-refractivity contribution in [1.29, 1.82) is 0 Å². The summed E-state index contributed by atoms with van der Waals surface area (Å²) < 4.78 is 4.93. The molecule has 1 aliphatic heterocycles. The van der Waals surface area contributed by atoms with Crippen LogP contribution in [0, 0.1) is 13.8 Å². The molecule has 2 aromatic carbocycles. The third-order valence-corrected chi connectivity index (χ3v) is 4.93. The quantitative estimate of drug-likeness (QED) is 0.614. The van der Waals surface area contributed by atoms with Crippen molar-refractivity contribution < 1.29 is 24.2 Å². The molecule has 0 radical (unpaired) electrons. The number of ketones is 1. The van der Waals surface area contributed by atoms with Gasteiger partial charge in [-0.1, -0.05) is 42.0 Å². The molecule has 0 bridgehead atoms. The molecule has 0 saturated heterocycles. The number of amides is 1. The minimum absolute atomic E-state index is 0.192. The van der Waals surface area contributed by atoms with Crippen molar-refractivity contribution in [3.8, 4) is 0 Å². The number of Topliss-reactive ketones (excluding diaryl/α,β-unsaturated/α-hetero) is 1. The van der Waals surface area contributed by atoms with E-state index in [0.717, 1.165) is 11.1 Å². The Labute approximate surface area is 163 Å². The second-order valence-electron chi connectivity index (χ2n) is 6.99. The van der Waals surface area contributed by atoms with E-state index in [1.54, 1.807) is 37.3 Å². The topological polar surface area (TPSA) is 83.9 Å². The summed E-state index contributed by atoms with van der Waals surface area (Å²) >= 11 is 0. The molecule has 1 atom stereocenters. The van der Waals surface area contributed by atoms with E-state index in [9.17, 15) is 19.5 Å². The maximum absolute atomic E-state index is 13.0. The van der Waals surface area contributed by atoms with Gasteiger partial charge in [-0.05, 0) is 32.4 Å². The summed E-state index contributed by atoms with van der Waals surface area (Å²) in [7, 11) is 0. The van der Waals surface area contributed by atoms with Crippen molar-refractivity contribution >= 4 is 23.3 Å². The molecule has 0 aromatic heterocycles. The summed E-state index contributed by atoms with van der Waals surface area (Å²) in [6.07, 6.45) is -0.397. The standard InChI is InChI=1S/C22H23NO5/c1-4-28-20(25)13-23-18-8-6-5-7-17(18)22(27,21(23)26)12-19(24)16-10-9-14(2)11-15(16)3/h5-11,27H,4,12-13H2,1-3H3/t22-/m0/s1. The average molecular weight is 381 g/mol. The van der Waals surface area contributed by atoms with Crippen molar-refractivity contribution in [2.24, 2.45) is 0 Å².